The Morgan fingerprint density at radius 3 is 1.74 bits per heavy atom. The van der Waals surface area contributed by atoms with E-state index < -0.39 is 18.4 Å². The van der Waals surface area contributed by atoms with Gasteiger partial charge in [0.15, 0.2) is 0 Å². The molecule has 1 unspecified atom stereocenters. The summed E-state index contributed by atoms with van der Waals surface area (Å²) in [4.78, 5) is 12.6. The van der Waals surface area contributed by atoms with Gasteiger partial charge in [-0.2, -0.15) is 0 Å². The average Bonchev–Trinajstić information content (AvgIpc) is 2.48. The Morgan fingerprint density at radius 2 is 1.39 bits per heavy atom. The number of likely N-dealkylation sites (N-methyl/N-ethyl adjacent to an activating group) is 1. The first-order chi connectivity index (χ1) is 10.8. The van der Waals surface area contributed by atoms with Crippen molar-refractivity contribution < 1.29 is 0 Å². The molecule has 0 saturated carbocycles. The van der Waals surface area contributed by atoms with Gasteiger partial charge in [0.2, 0.25) is 0 Å². The van der Waals surface area contributed by atoms with E-state index in [1.165, 1.54) is 25.7 Å². The van der Waals surface area contributed by atoms with Gasteiger partial charge in [0.25, 0.3) is 0 Å². The predicted molar refractivity (Wildman–Crippen MR) is 110 cm³/mol. The summed E-state index contributed by atoms with van der Waals surface area (Å²) >= 11 is -2.30. The van der Waals surface area contributed by atoms with Gasteiger partial charge in [-0.05, 0) is 0 Å². The van der Waals surface area contributed by atoms with E-state index in [1.807, 2.05) is 0 Å². The normalized spacial score (nSPS) is 14.8. The van der Waals surface area contributed by atoms with E-state index in [1.54, 1.807) is 3.59 Å². The molecule has 2 radical (unpaired) electrons. The van der Waals surface area contributed by atoms with Crippen LogP contribution in [0, 0.1) is 0 Å². The van der Waals surface area contributed by atoms with Gasteiger partial charge in [0.1, 0.15) is 0 Å². The SMILES string of the molecule is [B]/C(=[C](\C(CCCCC)N(CC)CC)[Sn]([CH3])([CH3])[CH3])N(CC)CC. The molecule has 0 spiro atoms. The predicted octanol–water partition coefficient (Wildman–Crippen LogP) is 4.88. The van der Waals surface area contributed by atoms with Crippen LogP contribution < -0.4 is 0 Å². The van der Waals surface area contributed by atoms with Gasteiger partial charge in [0.05, 0.1) is 0 Å². The first-order valence-corrected chi connectivity index (χ1v) is 19.8. The summed E-state index contributed by atoms with van der Waals surface area (Å²) in [6, 6.07) is 0.549. The standard InChI is InChI=1S/C16H32BN2.3CH3.Sn/c1-6-11-12-13-15(18(7-2)8-3)14-16(17)19(9-4)10-5;;;;/h15H,6-13H2,1-5H3;3*1H3;. The first kappa shape index (κ1) is 23.4. The number of rotatable bonds is 12. The molecule has 0 amide bonds. The topological polar surface area (TPSA) is 6.48 Å². The Bertz CT molecular complexity index is 342. The molecule has 4 heteroatoms. The fourth-order valence-corrected chi connectivity index (χ4v) is 9.98. The van der Waals surface area contributed by atoms with Gasteiger partial charge in [-0.3, -0.25) is 0 Å². The Hall–Kier alpha value is 0.364. The van der Waals surface area contributed by atoms with E-state index in [2.05, 4.69) is 59.2 Å². The van der Waals surface area contributed by atoms with Crippen LogP contribution in [-0.2, 0) is 0 Å². The second kappa shape index (κ2) is 11.8. The second-order valence-corrected chi connectivity index (χ2v) is 21.8. The van der Waals surface area contributed by atoms with Crippen molar-refractivity contribution in [1.82, 2.24) is 9.80 Å². The van der Waals surface area contributed by atoms with Crippen LogP contribution in [0.25, 0.3) is 0 Å². The van der Waals surface area contributed by atoms with Crippen molar-refractivity contribution in [3.05, 3.63) is 9.19 Å². The van der Waals surface area contributed by atoms with Crippen LogP contribution in [0.5, 0.6) is 0 Å². The van der Waals surface area contributed by atoms with E-state index in [9.17, 15) is 0 Å². The van der Waals surface area contributed by atoms with Gasteiger partial charge < -0.3 is 0 Å². The molecule has 0 aromatic heterocycles. The van der Waals surface area contributed by atoms with Crippen molar-refractivity contribution in [2.24, 2.45) is 0 Å². The van der Waals surface area contributed by atoms with Crippen molar-refractivity contribution in [1.29, 1.82) is 0 Å². The maximum absolute atomic E-state index is 6.75. The molecule has 23 heavy (non-hydrogen) atoms. The molecule has 0 aliphatic rings. The molecule has 0 saturated heterocycles. The van der Waals surface area contributed by atoms with E-state index >= 15 is 0 Å². The molecule has 1 atom stereocenters. The minimum absolute atomic E-state index is 0.549. The van der Waals surface area contributed by atoms with Crippen LogP contribution in [0.1, 0.15) is 60.3 Å². The summed E-state index contributed by atoms with van der Waals surface area (Å²) in [5.74, 6) is 0. The van der Waals surface area contributed by atoms with Crippen LogP contribution in [0.3, 0.4) is 0 Å². The zero-order valence-electron chi connectivity index (χ0n) is 17.2. The minimum atomic E-state index is -2.30. The van der Waals surface area contributed by atoms with Crippen LogP contribution in [0.4, 0.5) is 0 Å². The molecule has 2 nitrogen and oxygen atoms in total. The number of hydrogen-bond donors (Lipinski definition) is 0. The van der Waals surface area contributed by atoms with Crippen molar-refractivity contribution in [2.75, 3.05) is 26.2 Å². The summed E-state index contributed by atoms with van der Waals surface area (Å²) in [6.45, 7) is 15.6. The summed E-state index contributed by atoms with van der Waals surface area (Å²) in [5.41, 5.74) is 1.10. The molecule has 0 heterocycles. The van der Waals surface area contributed by atoms with Crippen molar-refractivity contribution in [3.8, 4) is 0 Å². The first-order valence-electron chi connectivity index (χ1n) is 9.77. The molecule has 0 aromatic rings. The van der Waals surface area contributed by atoms with Gasteiger partial charge in [-0.15, -0.1) is 0 Å². The molecule has 134 valence electrons. The Labute approximate surface area is 152 Å². The zero-order chi connectivity index (χ0) is 18.0. The van der Waals surface area contributed by atoms with E-state index in [0.717, 1.165) is 31.8 Å². The maximum atomic E-state index is 6.75. The summed E-state index contributed by atoms with van der Waals surface area (Å²) in [5, 5.41) is 0. The molecule has 0 rings (SSSR count). The summed E-state index contributed by atoms with van der Waals surface area (Å²) in [6.07, 6.45) is 5.19. The molecule has 0 aliphatic heterocycles. The van der Waals surface area contributed by atoms with Gasteiger partial charge in [-0.25, -0.2) is 0 Å². The molecule has 0 aliphatic carbocycles. The van der Waals surface area contributed by atoms with Gasteiger partial charge in [-0.1, -0.05) is 0 Å². The molecule has 0 bridgehead atoms. The summed E-state index contributed by atoms with van der Waals surface area (Å²) < 4.78 is 1.64. The molecular weight excluding hydrogens is 386 g/mol. The van der Waals surface area contributed by atoms with Crippen LogP contribution >= 0.6 is 0 Å². The van der Waals surface area contributed by atoms with Crippen molar-refractivity contribution >= 4 is 26.2 Å². The molecule has 0 aromatic carbocycles. The van der Waals surface area contributed by atoms with E-state index in [-0.39, 0.29) is 0 Å². The van der Waals surface area contributed by atoms with Crippen molar-refractivity contribution in [2.45, 2.75) is 81.2 Å². The Kier molecular flexibility index (Phi) is 12.0. The van der Waals surface area contributed by atoms with Gasteiger partial charge >= 0.3 is 153 Å². The van der Waals surface area contributed by atoms with E-state index in [4.69, 9.17) is 7.85 Å². The Balaban J connectivity index is 5.85. The quantitative estimate of drug-likeness (QED) is 0.324. The monoisotopic (exact) mass is 428 g/mol. The molecule has 0 fully saturated rings. The van der Waals surface area contributed by atoms with Crippen molar-refractivity contribution in [3.63, 3.8) is 0 Å². The number of hydrogen-bond acceptors (Lipinski definition) is 2. The van der Waals surface area contributed by atoms with E-state index in [0.29, 0.717) is 6.04 Å². The van der Waals surface area contributed by atoms with Crippen LogP contribution in [-0.4, -0.2) is 68.2 Å². The molecule has 0 N–H and O–H groups in total. The van der Waals surface area contributed by atoms with Gasteiger partial charge in [0, 0.05) is 0 Å². The molecular formula is C19H41BN2Sn. The third-order valence-electron chi connectivity index (χ3n) is 4.86. The fraction of sp³-hybridized carbons (Fsp3) is 0.895. The second-order valence-electron chi connectivity index (χ2n) is 7.45. The summed E-state index contributed by atoms with van der Waals surface area (Å²) in [7, 11) is 6.75. The third kappa shape index (κ3) is 7.42. The Morgan fingerprint density at radius 1 is 0.870 bits per heavy atom. The zero-order valence-corrected chi connectivity index (χ0v) is 20.1. The third-order valence-corrected chi connectivity index (χ3v) is 11.1. The van der Waals surface area contributed by atoms with Crippen LogP contribution in [0.2, 0.25) is 14.8 Å². The number of unbranched alkanes of at least 4 members (excludes halogenated alkanes) is 2. The average molecular weight is 427 g/mol. The number of nitrogens with zero attached hydrogens (tertiary/aromatic N) is 2. The van der Waals surface area contributed by atoms with Crippen LogP contribution in [0.15, 0.2) is 9.19 Å². The fourth-order valence-electron chi connectivity index (χ4n) is 3.55.